The molecule has 0 saturated carbocycles. The smallest absolute Gasteiger partial charge is 0.251 e. The van der Waals surface area contributed by atoms with Crippen molar-refractivity contribution in [3.63, 3.8) is 0 Å². The lowest BCUT2D eigenvalue weighted by Crippen LogP contribution is -3.13. The minimum atomic E-state index is -0.215. The maximum atomic E-state index is 12.4. The fourth-order valence-electron chi connectivity index (χ4n) is 3.24. The highest BCUT2D eigenvalue weighted by atomic mass is 16.5. The number of benzene rings is 2. The zero-order valence-corrected chi connectivity index (χ0v) is 15.6. The second-order valence-electron chi connectivity index (χ2n) is 6.70. The maximum absolute atomic E-state index is 12.4. The molecule has 0 unspecified atom stereocenters. The Kier molecular flexibility index (Phi) is 6.44. The highest BCUT2D eigenvalue weighted by molar-refractivity contribution is 5.96. The van der Waals surface area contributed by atoms with Crippen LogP contribution in [0.5, 0.6) is 5.75 Å². The molecular weight excluding hydrogens is 342 g/mol. The van der Waals surface area contributed by atoms with Crippen molar-refractivity contribution < 1.29 is 19.2 Å². The standard InChI is InChI=1S/C21H25N3O3/c1-27-19-9-7-17(8-10-19)16-23-11-13-24(14-12-23)20(25)15-22-21(26)18-5-3-2-4-6-18/h2-10H,11-16H2,1H3,(H,22,26)/p+1. The van der Waals surface area contributed by atoms with Gasteiger partial charge >= 0.3 is 0 Å². The number of nitrogens with zero attached hydrogens (tertiary/aromatic N) is 1. The topological polar surface area (TPSA) is 63.1 Å². The van der Waals surface area contributed by atoms with Crippen LogP contribution in [0, 0.1) is 0 Å². The summed E-state index contributed by atoms with van der Waals surface area (Å²) in [6.07, 6.45) is 0. The lowest BCUT2D eigenvalue weighted by molar-refractivity contribution is -0.917. The average molecular weight is 368 g/mol. The predicted molar refractivity (Wildman–Crippen MR) is 103 cm³/mol. The molecule has 27 heavy (non-hydrogen) atoms. The number of carbonyl (C=O) groups is 2. The molecule has 1 aliphatic heterocycles. The fraction of sp³-hybridized carbons (Fsp3) is 0.333. The van der Waals surface area contributed by atoms with Crippen molar-refractivity contribution in [1.29, 1.82) is 0 Å². The summed E-state index contributed by atoms with van der Waals surface area (Å²) in [4.78, 5) is 27.7. The predicted octanol–water partition coefficient (Wildman–Crippen LogP) is 0.352. The molecule has 0 atom stereocenters. The van der Waals surface area contributed by atoms with E-state index in [1.54, 1.807) is 19.2 Å². The van der Waals surface area contributed by atoms with E-state index in [-0.39, 0.29) is 18.4 Å². The Bertz CT molecular complexity index is 754. The lowest BCUT2D eigenvalue weighted by atomic mass is 10.2. The van der Waals surface area contributed by atoms with Gasteiger partial charge in [0.1, 0.15) is 12.3 Å². The van der Waals surface area contributed by atoms with Crippen LogP contribution in [0.2, 0.25) is 0 Å². The SMILES string of the molecule is COc1ccc(C[NH+]2CCN(C(=O)CNC(=O)c3ccccc3)CC2)cc1. The Hall–Kier alpha value is -2.86. The van der Waals surface area contributed by atoms with E-state index < -0.39 is 0 Å². The minimum absolute atomic E-state index is 0.0252. The molecule has 0 aliphatic carbocycles. The van der Waals surface area contributed by atoms with Gasteiger partial charge in [0.2, 0.25) is 5.91 Å². The first kappa shape index (κ1) is 18.9. The number of hydrogen-bond acceptors (Lipinski definition) is 3. The molecule has 6 nitrogen and oxygen atoms in total. The lowest BCUT2D eigenvalue weighted by Gasteiger charge is -2.32. The van der Waals surface area contributed by atoms with Gasteiger partial charge in [-0.05, 0) is 36.4 Å². The molecule has 1 heterocycles. The summed E-state index contributed by atoms with van der Waals surface area (Å²) in [7, 11) is 1.67. The summed E-state index contributed by atoms with van der Waals surface area (Å²) < 4.78 is 5.19. The second kappa shape index (κ2) is 9.19. The molecule has 2 aromatic carbocycles. The van der Waals surface area contributed by atoms with Crippen LogP contribution < -0.4 is 15.0 Å². The number of amides is 2. The normalized spacial score (nSPS) is 14.6. The van der Waals surface area contributed by atoms with E-state index in [9.17, 15) is 9.59 Å². The summed E-state index contributed by atoms with van der Waals surface area (Å²) in [5.41, 5.74) is 1.83. The average Bonchev–Trinajstić information content (AvgIpc) is 2.73. The van der Waals surface area contributed by atoms with E-state index in [0.717, 1.165) is 25.4 Å². The van der Waals surface area contributed by atoms with Crippen molar-refractivity contribution in [2.24, 2.45) is 0 Å². The van der Waals surface area contributed by atoms with Gasteiger partial charge in [-0.3, -0.25) is 9.59 Å². The largest absolute Gasteiger partial charge is 0.497 e. The number of carbonyl (C=O) groups excluding carboxylic acids is 2. The Balaban J connectivity index is 1.41. The number of piperazine rings is 1. The summed E-state index contributed by atoms with van der Waals surface area (Å²) in [6.45, 7) is 4.23. The molecule has 2 aromatic rings. The number of methoxy groups -OCH3 is 1. The third-order valence-corrected chi connectivity index (χ3v) is 4.87. The number of ether oxygens (including phenoxy) is 1. The van der Waals surface area contributed by atoms with Gasteiger partial charge in [-0.25, -0.2) is 0 Å². The number of nitrogens with one attached hydrogen (secondary N) is 2. The van der Waals surface area contributed by atoms with Gasteiger partial charge in [0.05, 0.1) is 39.8 Å². The van der Waals surface area contributed by atoms with Crippen LogP contribution in [0.3, 0.4) is 0 Å². The van der Waals surface area contributed by atoms with Crippen LogP contribution in [-0.2, 0) is 11.3 Å². The molecule has 1 fully saturated rings. The van der Waals surface area contributed by atoms with Crippen molar-refractivity contribution in [3.8, 4) is 5.75 Å². The van der Waals surface area contributed by atoms with Gasteiger partial charge in [-0.1, -0.05) is 18.2 Å². The molecule has 142 valence electrons. The number of quaternary nitrogens is 1. The van der Waals surface area contributed by atoms with Gasteiger partial charge in [0.25, 0.3) is 5.91 Å². The summed E-state index contributed by atoms with van der Waals surface area (Å²) in [6, 6.07) is 17.1. The van der Waals surface area contributed by atoms with Crippen LogP contribution >= 0.6 is 0 Å². The zero-order valence-electron chi connectivity index (χ0n) is 15.6. The molecule has 2 N–H and O–H groups in total. The third kappa shape index (κ3) is 5.31. The molecular formula is C21H26N3O3+. The van der Waals surface area contributed by atoms with Gasteiger partial charge in [0.15, 0.2) is 0 Å². The Labute approximate surface area is 159 Å². The quantitative estimate of drug-likeness (QED) is 0.774. The Morgan fingerprint density at radius 1 is 1.04 bits per heavy atom. The Morgan fingerprint density at radius 3 is 2.33 bits per heavy atom. The van der Waals surface area contributed by atoms with Gasteiger partial charge in [0, 0.05) is 11.1 Å². The number of rotatable bonds is 6. The highest BCUT2D eigenvalue weighted by Crippen LogP contribution is 2.10. The van der Waals surface area contributed by atoms with E-state index in [0.29, 0.717) is 18.7 Å². The molecule has 3 rings (SSSR count). The fourth-order valence-corrected chi connectivity index (χ4v) is 3.24. The van der Waals surface area contributed by atoms with Crippen molar-refractivity contribution in [2.75, 3.05) is 39.8 Å². The summed E-state index contributed by atoms with van der Waals surface area (Å²) >= 11 is 0. The molecule has 1 saturated heterocycles. The highest BCUT2D eigenvalue weighted by Gasteiger charge is 2.24. The molecule has 0 radical (unpaired) electrons. The van der Waals surface area contributed by atoms with Crippen molar-refractivity contribution >= 4 is 11.8 Å². The first-order chi connectivity index (χ1) is 13.2. The summed E-state index contributed by atoms with van der Waals surface area (Å²) in [5.74, 6) is 0.622. The first-order valence-electron chi connectivity index (χ1n) is 9.23. The van der Waals surface area contributed by atoms with Crippen LogP contribution in [-0.4, -0.2) is 56.5 Å². The van der Waals surface area contributed by atoms with E-state index >= 15 is 0 Å². The monoisotopic (exact) mass is 368 g/mol. The zero-order chi connectivity index (χ0) is 19.1. The van der Waals surface area contributed by atoms with Crippen molar-refractivity contribution in [1.82, 2.24) is 10.2 Å². The van der Waals surface area contributed by atoms with E-state index in [1.165, 1.54) is 10.5 Å². The van der Waals surface area contributed by atoms with Crippen LogP contribution in [0.25, 0.3) is 0 Å². The molecule has 0 spiro atoms. The van der Waals surface area contributed by atoms with Gasteiger partial charge in [-0.2, -0.15) is 0 Å². The van der Waals surface area contributed by atoms with Gasteiger partial charge in [-0.15, -0.1) is 0 Å². The molecule has 0 bridgehead atoms. The second-order valence-corrected chi connectivity index (χ2v) is 6.70. The van der Waals surface area contributed by atoms with Crippen LogP contribution in [0.1, 0.15) is 15.9 Å². The minimum Gasteiger partial charge on any atom is -0.497 e. The van der Waals surface area contributed by atoms with Crippen molar-refractivity contribution in [3.05, 3.63) is 65.7 Å². The van der Waals surface area contributed by atoms with E-state index in [1.807, 2.05) is 35.2 Å². The Morgan fingerprint density at radius 2 is 1.70 bits per heavy atom. The first-order valence-corrected chi connectivity index (χ1v) is 9.23. The number of hydrogen-bond donors (Lipinski definition) is 2. The molecule has 6 heteroatoms. The van der Waals surface area contributed by atoms with E-state index in [2.05, 4.69) is 17.4 Å². The maximum Gasteiger partial charge on any atom is 0.251 e. The molecule has 2 amide bonds. The summed E-state index contributed by atoms with van der Waals surface area (Å²) in [5, 5.41) is 2.71. The van der Waals surface area contributed by atoms with Gasteiger partial charge < -0.3 is 19.9 Å². The third-order valence-electron chi connectivity index (χ3n) is 4.87. The molecule has 0 aromatic heterocycles. The molecule has 1 aliphatic rings. The van der Waals surface area contributed by atoms with Crippen LogP contribution in [0.15, 0.2) is 54.6 Å². The van der Waals surface area contributed by atoms with Crippen molar-refractivity contribution in [2.45, 2.75) is 6.54 Å². The van der Waals surface area contributed by atoms with Crippen LogP contribution in [0.4, 0.5) is 0 Å². The van der Waals surface area contributed by atoms with E-state index in [4.69, 9.17) is 4.74 Å².